The van der Waals surface area contributed by atoms with Crippen molar-refractivity contribution >= 4 is 11.9 Å². The molecule has 0 saturated heterocycles. The number of hydrogen-bond acceptors (Lipinski definition) is 3. The first kappa shape index (κ1) is 20.7. The second-order valence-electron chi connectivity index (χ2n) is 4.64. The summed E-state index contributed by atoms with van der Waals surface area (Å²) in [4.78, 5) is 20.2. The minimum atomic E-state index is -0.745. The minimum Gasteiger partial charge on any atom is -0.481 e. The molecule has 0 aliphatic carbocycles. The van der Waals surface area contributed by atoms with Crippen molar-refractivity contribution in [2.75, 3.05) is 6.61 Å². The van der Waals surface area contributed by atoms with Crippen LogP contribution in [-0.2, 0) is 14.3 Å². The maximum Gasteiger partial charge on any atom is 0.305 e. The van der Waals surface area contributed by atoms with Gasteiger partial charge in [0.15, 0.2) is 0 Å². The fraction of sp³-hybridized carbons (Fsp3) is 0.625. The molecule has 0 radical (unpaired) electrons. The lowest BCUT2D eigenvalue weighted by atomic mass is 10.1. The van der Waals surface area contributed by atoms with Crippen LogP contribution in [0.2, 0.25) is 0 Å². The first-order chi connectivity index (χ1) is 9.33. The fourth-order valence-electron chi connectivity index (χ4n) is 1.15. The van der Waals surface area contributed by atoms with Gasteiger partial charge in [0.25, 0.3) is 0 Å². The number of hydrogen-bond donors (Lipinski definition) is 1. The summed E-state index contributed by atoms with van der Waals surface area (Å²) in [5, 5.41) is 7.72. The number of carbonyl (C=O) groups excluding carboxylic acids is 1. The van der Waals surface area contributed by atoms with E-state index >= 15 is 0 Å². The Bertz CT molecular complexity index is 329. The van der Waals surface area contributed by atoms with Crippen LogP contribution in [-0.4, -0.2) is 23.7 Å². The predicted octanol–water partition coefficient (Wildman–Crippen LogP) is 4.11. The molecule has 4 heteroatoms. The van der Waals surface area contributed by atoms with Crippen LogP contribution in [0.4, 0.5) is 0 Å². The second-order valence-corrected chi connectivity index (χ2v) is 4.64. The van der Waals surface area contributed by atoms with Gasteiger partial charge in [0.1, 0.15) is 6.61 Å². The zero-order chi connectivity index (χ0) is 16.0. The normalized spacial score (nSPS) is 10.3. The smallest absolute Gasteiger partial charge is 0.305 e. The molecule has 116 valence electrons. The number of allylic oxidation sites excluding steroid dienone is 2. The van der Waals surface area contributed by atoms with Crippen molar-refractivity contribution in [3.8, 4) is 0 Å². The van der Waals surface area contributed by atoms with Crippen LogP contribution in [0.1, 0.15) is 59.8 Å². The highest BCUT2D eigenvalue weighted by Gasteiger charge is 1.96. The summed E-state index contributed by atoms with van der Waals surface area (Å²) in [5.74, 6) is -0.883. The van der Waals surface area contributed by atoms with Crippen LogP contribution in [0.5, 0.6) is 0 Å². The van der Waals surface area contributed by atoms with Gasteiger partial charge in [0, 0.05) is 12.8 Å². The average Bonchev–Trinajstić information content (AvgIpc) is 2.38. The summed E-state index contributed by atoms with van der Waals surface area (Å²) in [6.07, 6.45) is 5.89. The van der Waals surface area contributed by atoms with Crippen LogP contribution in [0.15, 0.2) is 23.8 Å². The molecule has 0 unspecified atom stereocenters. The minimum absolute atomic E-state index is 0.138. The molecular formula is C16H28O4. The van der Waals surface area contributed by atoms with E-state index in [-0.39, 0.29) is 12.4 Å². The van der Waals surface area contributed by atoms with E-state index in [4.69, 9.17) is 9.84 Å². The Morgan fingerprint density at radius 2 is 1.70 bits per heavy atom. The van der Waals surface area contributed by atoms with Gasteiger partial charge >= 0.3 is 11.9 Å². The van der Waals surface area contributed by atoms with Gasteiger partial charge < -0.3 is 9.84 Å². The second kappa shape index (κ2) is 13.8. The lowest BCUT2D eigenvalue weighted by molar-refractivity contribution is -0.142. The highest BCUT2D eigenvalue weighted by atomic mass is 16.5. The Hall–Kier alpha value is -1.58. The van der Waals surface area contributed by atoms with Gasteiger partial charge in [-0.2, -0.15) is 0 Å². The molecular weight excluding hydrogens is 256 g/mol. The highest BCUT2D eigenvalue weighted by molar-refractivity contribution is 5.68. The van der Waals surface area contributed by atoms with E-state index in [0.29, 0.717) is 13.0 Å². The number of carboxylic acids is 1. The molecule has 0 heterocycles. The molecule has 0 aliphatic heterocycles. The van der Waals surface area contributed by atoms with Gasteiger partial charge in [-0.3, -0.25) is 9.59 Å². The molecule has 0 bridgehead atoms. The maximum absolute atomic E-state index is 10.8. The number of esters is 1. The summed E-state index contributed by atoms with van der Waals surface area (Å²) < 4.78 is 4.96. The highest BCUT2D eigenvalue weighted by Crippen LogP contribution is 2.10. The van der Waals surface area contributed by atoms with E-state index in [2.05, 4.69) is 13.5 Å². The Kier molecular flexibility index (Phi) is 14.3. The molecule has 0 spiro atoms. The van der Waals surface area contributed by atoms with Crippen LogP contribution in [0.3, 0.4) is 0 Å². The molecule has 1 N–H and O–H groups in total. The molecule has 0 aromatic rings. The lowest BCUT2D eigenvalue weighted by Crippen LogP contribution is -2.02. The van der Waals surface area contributed by atoms with Gasteiger partial charge in [-0.1, -0.05) is 25.0 Å². The van der Waals surface area contributed by atoms with Crippen molar-refractivity contribution in [1.82, 2.24) is 0 Å². The maximum atomic E-state index is 10.8. The van der Waals surface area contributed by atoms with E-state index in [1.165, 1.54) is 11.1 Å². The molecule has 0 atom stereocenters. The number of rotatable bonds is 8. The fourth-order valence-corrected chi connectivity index (χ4v) is 1.15. The third-order valence-corrected chi connectivity index (χ3v) is 2.44. The number of ether oxygens (including phenoxy) is 1. The third kappa shape index (κ3) is 18.8. The summed E-state index contributed by atoms with van der Waals surface area (Å²) in [6, 6.07) is 0. The van der Waals surface area contributed by atoms with Gasteiger partial charge in [-0.15, -0.1) is 6.58 Å². The van der Waals surface area contributed by atoms with Crippen molar-refractivity contribution in [3.63, 3.8) is 0 Å². The van der Waals surface area contributed by atoms with E-state index < -0.39 is 5.97 Å². The quantitative estimate of drug-likeness (QED) is 0.538. The summed E-state index contributed by atoms with van der Waals surface area (Å²) in [7, 11) is 0. The number of carbonyl (C=O) groups is 2. The number of carboxylic acid groups (broad SMARTS) is 1. The van der Waals surface area contributed by atoms with Crippen LogP contribution in [0.25, 0.3) is 0 Å². The molecule has 0 aliphatic rings. The largest absolute Gasteiger partial charge is 0.481 e. The lowest BCUT2D eigenvalue weighted by Gasteiger charge is -2.02. The SMILES string of the molecule is C=C(C)CCC/C(C)=C\COC(=O)CC.CCC(=O)O. The zero-order valence-corrected chi connectivity index (χ0v) is 13.2. The Morgan fingerprint density at radius 1 is 1.15 bits per heavy atom. The molecule has 0 saturated carbocycles. The van der Waals surface area contributed by atoms with Gasteiger partial charge in [-0.25, -0.2) is 0 Å². The molecule has 20 heavy (non-hydrogen) atoms. The standard InChI is InChI=1S/C13H22O2.C3H6O2/c1-5-13(14)15-10-9-12(4)8-6-7-11(2)3;1-2-3(4)5/h9H,2,5-8,10H2,1,3-4H3;2H2,1H3,(H,4,5)/b12-9-;. The van der Waals surface area contributed by atoms with Gasteiger partial charge in [0.05, 0.1) is 0 Å². The van der Waals surface area contributed by atoms with E-state index in [0.717, 1.165) is 19.3 Å². The molecule has 4 nitrogen and oxygen atoms in total. The summed E-state index contributed by atoms with van der Waals surface area (Å²) in [6.45, 7) is 11.8. The average molecular weight is 284 g/mol. The van der Waals surface area contributed by atoms with Crippen molar-refractivity contribution in [2.45, 2.75) is 59.8 Å². The third-order valence-electron chi connectivity index (χ3n) is 2.44. The molecule has 0 amide bonds. The molecule has 0 fully saturated rings. The molecule has 0 aromatic carbocycles. The molecule has 0 aromatic heterocycles. The number of aliphatic carboxylic acids is 1. The van der Waals surface area contributed by atoms with Gasteiger partial charge in [0.2, 0.25) is 0 Å². The van der Waals surface area contributed by atoms with E-state index in [9.17, 15) is 9.59 Å². The van der Waals surface area contributed by atoms with E-state index in [1.54, 1.807) is 13.8 Å². The first-order valence-corrected chi connectivity index (χ1v) is 7.00. The Morgan fingerprint density at radius 3 is 2.10 bits per heavy atom. The summed E-state index contributed by atoms with van der Waals surface area (Å²) >= 11 is 0. The Balaban J connectivity index is 0. The first-order valence-electron chi connectivity index (χ1n) is 7.00. The summed E-state index contributed by atoms with van der Waals surface area (Å²) in [5.41, 5.74) is 2.50. The monoisotopic (exact) mass is 284 g/mol. The predicted molar refractivity (Wildman–Crippen MR) is 81.6 cm³/mol. The molecule has 0 rings (SSSR count). The van der Waals surface area contributed by atoms with Crippen molar-refractivity contribution in [2.24, 2.45) is 0 Å². The van der Waals surface area contributed by atoms with Crippen LogP contribution < -0.4 is 0 Å². The van der Waals surface area contributed by atoms with E-state index in [1.807, 2.05) is 13.0 Å². The zero-order valence-electron chi connectivity index (χ0n) is 13.2. The Labute approximate surface area is 122 Å². The van der Waals surface area contributed by atoms with Crippen LogP contribution in [0, 0.1) is 0 Å². The van der Waals surface area contributed by atoms with Crippen molar-refractivity contribution in [3.05, 3.63) is 23.8 Å². The van der Waals surface area contributed by atoms with Crippen LogP contribution >= 0.6 is 0 Å². The topological polar surface area (TPSA) is 63.6 Å². The van der Waals surface area contributed by atoms with Crippen molar-refractivity contribution in [1.29, 1.82) is 0 Å². The van der Waals surface area contributed by atoms with Gasteiger partial charge in [-0.05, 0) is 39.2 Å². The van der Waals surface area contributed by atoms with Crippen molar-refractivity contribution < 1.29 is 19.4 Å².